The van der Waals surface area contributed by atoms with Crippen molar-refractivity contribution >= 4 is 28.5 Å². The molecule has 198 valence electrons. The van der Waals surface area contributed by atoms with Gasteiger partial charge >= 0.3 is 5.97 Å². The summed E-state index contributed by atoms with van der Waals surface area (Å²) >= 11 is 5.82. The molecule has 0 aliphatic carbocycles. The van der Waals surface area contributed by atoms with Gasteiger partial charge < -0.3 is 18.9 Å². The Morgan fingerprint density at radius 3 is 2.29 bits per heavy atom. The molecule has 5 nitrogen and oxygen atoms in total. The third-order valence-corrected chi connectivity index (χ3v) is 7.45. The first kappa shape index (κ1) is 26.3. The SMILES string of the molecule is CCOC(=O)c1c(C(c2ccccc2)c2ccc(OCCCl)cc2)c2ccccc2n1CCN1CCCC1. The lowest BCUT2D eigenvalue weighted by atomic mass is 9.83. The summed E-state index contributed by atoms with van der Waals surface area (Å²) in [5.41, 5.74) is 4.90. The number of carbonyl (C=O) groups excluding carboxylic acids is 1. The molecule has 0 bridgehead atoms. The van der Waals surface area contributed by atoms with Crippen molar-refractivity contribution in [3.05, 3.63) is 101 Å². The normalized spacial score (nSPS) is 14.6. The van der Waals surface area contributed by atoms with Crippen LogP contribution >= 0.6 is 11.6 Å². The van der Waals surface area contributed by atoms with E-state index in [1.807, 2.05) is 31.2 Å². The monoisotopic (exact) mass is 530 g/mol. The number of likely N-dealkylation sites (tertiary alicyclic amines) is 1. The van der Waals surface area contributed by atoms with Gasteiger partial charge in [0.1, 0.15) is 18.1 Å². The third kappa shape index (κ3) is 5.59. The van der Waals surface area contributed by atoms with Gasteiger partial charge in [0.05, 0.1) is 12.5 Å². The number of ether oxygens (including phenoxy) is 2. The third-order valence-electron chi connectivity index (χ3n) is 7.30. The first-order valence-corrected chi connectivity index (χ1v) is 14.1. The van der Waals surface area contributed by atoms with E-state index in [4.69, 9.17) is 21.1 Å². The zero-order valence-corrected chi connectivity index (χ0v) is 22.7. The molecular formula is C32H35ClN2O3. The van der Waals surface area contributed by atoms with E-state index in [0.717, 1.165) is 59.5 Å². The minimum absolute atomic E-state index is 0.157. The molecule has 3 aromatic carbocycles. The Morgan fingerprint density at radius 1 is 0.895 bits per heavy atom. The van der Waals surface area contributed by atoms with Crippen LogP contribution in [0, 0.1) is 0 Å². The van der Waals surface area contributed by atoms with E-state index in [9.17, 15) is 4.79 Å². The smallest absolute Gasteiger partial charge is 0.355 e. The van der Waals surface area contributed by atoms with E-state index >= 15 is 0 Å². The van der Waals surface area contributed by atoms with Gasteiger partial charge in [-0.25, -0.2) is 4.79 Å². The number of hydrogen-bond acceptors (Lipinski definition) is 4. The van der Waals surface area contributed by atoms with E-state index in [1.165, 1.54) is 12.8 Å². The Labute approximate surface area is 229 Å². The van der Waals surface area contributed by atoms with Gasteiger partial charge in [0.15, 0.2) is 0 Å². The second-order valence-electron chi connectivity index (χ2n) is 9.65. The van der Waals surface area contributed by atoms with Gasteiger partial charge in [-0.3, -0.25) is 0 Å². The van der Waals surface area contributed by atoms with Gasteiger partial charge in [0.2, 0.25) is 0 Å². The Kier molecular flexibility index (Phi) is 8.67. The minimum Gasteiger partial charge on any atom is -0.492 e. The molecule has 4 aromatic rings. The molecule has 6 heteroatoms. The Bertz CT molecular complexity index is 1340. The molecule has 1 aliphatic rings. The van der Waals surface area contributed by atoms with Crippen LogP contribution in [0.1, 0.15) is 52.9 Å². The molecule has 1 aromatic heterocycles. The number of hydrogen-bond donors (Lipinski definition) is 0. The number of para-hydroxylation sites is 1. The molecule has 1 unspecified atom stereocenters. The number of alkyl halides is 1. The van der Waals surface area contributed by atoms with Crippen molar-refractivity contribution in [2.75, 3.05) is 38.7 Å². The largest absolute Gasteiger partial charge is 0.492 e. The zero-order chi connectivity index (χ0) is 26.3. The first-order chi connectivity index (χ1) is 18.7. The van der Waals surface area contributed by atoms with Crippen molar-refractivity contribution in [3.8, 4) is 5.75 Å². The van der Waals surface area contributed by atoms with Gasteiger partial charge in [-0.1, -0.05) is 60.7 Å². The summed E-state index contributed by atoms with van der Waals surface area (Å²) in [7, 11) is 0. The Hall–Kier alpha value is -3.28. The van der Waals surface area contributed by atoms with Crippen LogP contribution in [0.2, 0.25) is 0 Å². The fraction of sp³-hybridized carbons (Fsp3) is 0.344. The number of fused-ring (bicyclic) bond motifs is 1. The minimum atomic E-state index is -0.275. The Morgan fingerprint density at radius 2 is 1.58 bits per heavy atom. The molecule has 0 spiro atoms. The highest BCUT2D eigenvalue weighted by atomic mass is 35.5. The highest BCUT2D eigenvalue weighted by molar-refractivity contribution is 6.18. The van der Waals surface area contributed by atoms with Crippen LogP contribution in [0.3, 0.4) is 0 Å². The molecule has 2 heterocycles. The van der Waals surface area contributed by atoms with Crippen LogP contribution in [0.5, 0.6) is 5.75 Å². The second-order valence-corrected chi connectivity index (χ2v) is 10.0. The van der Waals surface area contributed by atoms with Crippen molar-refractivity contribution in [2.24, 2.45) is 0 Å². The molecule has 0 radical (unpaired) electrons. The number of carbonyl (C=O) groups is 1. The molecule has 1 atom stereocenters. The van der Waals surface area contributed by atoms with E-state index in [-0.39, 0.29) is 11.9 Å². The van der Waals surface area contributed by atoms with Gasteiger partial charge in [-0.05, 0) is 62.2 Å². The summed E-state index contributed by atoms with van der Waals surface area (Å²) in [6, 6.07) is 26.9. The van der Waals surface area contributed by atoms with Crippen LogP contribution in [0.4, 0.5) is 0 Å². The average molecular weight is 531 g/mol. The van der Waals surface area contributed by atoms with Gasteiger partial charge in [-0.15, -0.1) is 11.6 Å². The molecule has 0 saturated carbocycles. The van der Waals surface area contributed by atoms with Crippen LogP contribution in [0.25, 0.3) is 10.9 Å². The standard InChI is InChI=1S/C32H35ClN2O3/c1-2-37-32(36)31-30(27-12-6-7-13-28(27)35(31)22-21-34-19-8-9-20-34)29(24-10-4-3-5-11-24)25-14-16-26(17-15-25)38-23-18-33/h3-7,10-17,29H,2,8-9,18-23H2,1H3. The average Bonchev–Trinajstić information content (AvgIpc) is 3.59. The fourth-order valence-corrected chi connectivity index (χ4v) is 5.68. The summed E-state index contributed by atoms with van der Waals surface area (Å²) in [5.74, 6) is 0.785. The lowest BCUT2D eigenvalue weighted by molar-refractivity contribution is 0.0512. The summed E-state index contributed by atoms with van der Waals surface area (Å²) in [4.78, 5) is 16.2. The van der Waals surface area contributed by atoms with Crippen molar-refractivity contribution in [2.45, 2.75) is 32.2 Å². The number of rotatable bonds is 11. The fourth-order valence-electron chi connectivity index (χ4n) is 5.61. The number of benzene rings is 3. The number of aromatic nitrogens is 1. The second kappa shape index (κ2) is 12.5. The maximum Gasteiger partial charge on any atom is 0.355 e. The first-order valence-electron chi connectivity index (χ1n) is 13.6. The van der Waals surface area contributed by atoms with Gasteiger partial charge in [-0.2, -0.15) is 0 Å². The maximum absolute atomic E-state index is 13.7. The number of nitrogens with zero attached hydrogens (tertiary/aromatic N) is 2. The molecule has 5 rings (SSSR count). The highest BCUT2D eigenvalue weighted by Crippen LogP contribution is 2.41. The summed E-state index contributed by atoms with van der Waals surface area (Å²) in [6.07, 6.45) is 2.48. The molecule has 0 amide bonds. The quantitative estimate of drug-likeness (QED) is 0.160. The maximum atomic E-state index is 13.7. The molecule has 38 heavy (non-hydrogen) atoms. The predicted molar refractivity (Wildman–Crippen MR) is 154 cm³/mol. The number of esters is 1. The lowest BCUT2D eigenvalue weighted by Gasteiger charge is -2.21. The molecule has 1 saturated heterocycles. The highest BCUT2D eigenvalue weighted by Gasteiger charge is 2.31. The molecule has 1 aliphatic heterocycles. The molecule has 0 N–H and O–H groups in total. The van der Waals surface area contributed by atoms with Gasteiger partial charge in [0.25, 0.3) is 0 Å². The van der Waals surface area contributed by atoms with Gasteiger partial charge in [0, 0.05) is 35.5 Å². The Balaban J connectivity index is 1.69. The van der Waals surface area contributed by atoms with Crippen molar-refractivity contribution in [3.63, 3.8) is 0 Å². The van der Waals surface area contributed by atoms with Crippen molar-refractivity contribution < 1.29 is 14.3 Å². The lowest BCUT2D eigenvalue weighted by Crippen LogP contribution is -2.26. The van der Waals surface area contributed by atoms with Crippen LogP contribution in [-0.4, -0.2) is 54.2 Å². The van der Waals surface area contributed by atoms with Crippen LogP contribution in [0.15, 0.2) is 78.9 Å². The van der Waals surface area contributed by atoms with Crippen molar-refractivity contribution in [1.82, 2.24) is 9.47 Å². The summed E-state index contributed by atoms with van der Waals surface area (Å²) < 4.78 is 13.6. The summed E-state index contributed by atoms with van der Waals surface area (Å²) in [6.45, 7) is 6.53. The van der Waals surface area contributed by atoms with E-state index in [1.54, 1.807) is 0 Å². The van der Waals surface area contributed by atoms with Crippen LogP contribution < -0.4 is 4.74 Å². The topological polar surface area (TPSA) is 43.7 Å². The van der Waals surface area contributed by atoms with E-state index in [2.05, 4.69) is 64.1 Å². The van der Waals surface area contributed by atoms with Crippen molar-refractivity contribution in [1.29, 1.82) is 0 Å². The van der Waals surface area contributed by atoms with Crippen LogP contribution in [-0.2, 0) is 11.3 Å². The molecular weight excluding hydrogens is 496 g/mol. The molecule has 1 fully saturated rings. The number of halogens is 1. The summed E-state index contributed by atoms with van der Waals surface area (Å²) in [5, 5.41) is 1.08. The van der Waals surface area contributed by atoms with E-state index in [0.29, 0.717) is 24.8 Å². The van der Waals surface area contributed by atoms with E-state index < -0.39 is 0 Å². The zero-order valence-electron chi connectivity index (χ0n) is 21.9. The predicted octanol–water partition coefficient (Wildman–Crippen LogP) is 6.71.